The second kappa shape index (κ2) is 8.95. The molecule has 0 N–H and O–H groups in total. The number of aliphatic imine (C=N–C) groups is 1. The van der Waals surface area contributed by atoms with Gasteiger partial charge in [-0.25, -0.2) is 0 Å². The number of hydrogen-bond donors (Lipinski definition) is 0. The second-order valence-electron chi connectivity index (χ2n) is 3.35. The van der Waals surface area contributed by atoms with Crippen LogP contribution in [0.3, 0.4) is 0 Å². The Morgan fingerprint density at radius 2 is 2.07 bits per heavy atom. The minimum atomic E-state index is 0.364. The van der Waals surface area contributed by atoms with Crippen molar-refractivity contribution < 1.29 is 4.74 Å². The molecule has 14 heavy (non-hydrogen) atoms. The summed E-state index contributed by atoms with van der Waals surface area (Å²) in [6.45, 7) is 9.83. The lowest BCUT2D eigenvalue weighted by molar-refractivity contribution is 0.137. The van der Waals surface area contributed by atoms with Gasteiger partial charge < -0.3 is 4.74 Å². The zero-order valence-corrected chi connectivity index (χ0v) is 9.86. The second-order valence-corrected chi connectivity index (χ2v) is 3.35. The van der Waals surface area contributed by atoms with E-state index in [9.17, 15) is 0 Å². The number of ether oxygens (including phenoxy) is 1. The molecule has 2 nitrogen and oxygen atoms in total. The Hall–Kier alpha value is -0.630. The van der Waals surface area contributed by atoms with Crippen molar-refractivity contribution in [1.29, 1.82) is 0 Å². The SMILES string of the molecule is CC=NC(CCOCC)[C@H](C)/C=C\C. The first-order valence-corrected chi connectivity index (χ1v) is 5.44. The van der Waals surface area contributed by atoms with Crippen LogP contribution in [0.2, 0.25) is 0 Å². The van der Waals surface area contributed by atoms with Crippen molar-refractivity contribution in [2.45, 2.75) is 40.2 Å². The molecule has 0 rings (SSSR count). The average Bonchev–Trinajstić information content (AvgIpc) is 2.17. The Balaban J connectivity index is 4.00. The lowest BCUT2D eigenvalue weighted by Gasteiger charge is -2.16. The van der Waals surface area contributed by atoms with Gasteiger partial charge in [-0.3, -0.25) is 4.99 Å². The molecule has 0 aromatic rings. The van der Waals surface area contributed by atoms with Gasteiger partial charge in [-0.1, -0.05) is 19.1 Å². The van der Waals surface area contributed by atoms with Crippen molar-refractivity contribution in [3.05, 3.63) is 12.2 Å². The normalized spacial score (nSPS) is 16.6. The summed E-state index contributed by atoms with van der Waals surface area (Å²) in [6.07, 6.45) is 7.17. The topological polar surface area (TPSA) is 21.6 Å². The highest BCUT2D eigenvalue weighted by molar-refractivity contribution is 5.53. The molecule has 0 spiro atoms. The summed E-state index contributed by atoms with van der Waals surface area (Å²) < 4.78 is 5.34. The molecule has 0 aliphatic carbocycles. The summed E-state index contributed by atoms with van der Waals surface area (Å²) in [5.74, 6) is 0.497. The van der Waals surface area contributed by atoms with E-state index in [1.165, 1.54) is 0 Å². The largest absolute Gasteiger partial charge is 0.382 e. The molecule has 0 fully saturated rings. The molecule has 0 saturated heterocycles. The smallest absolute Gasteiger partial charge is 0.0577 e. The van der Waals surface area contributed by atoms with Gasteiger partial charge in [0, 0.05) is 13.2 Å². The lowest BCUT2D eigenvalue weighted by Crippen LogP contribution is -2.16. The number of rotatable bonds is 7. The monoisotopic (exact) mass is 197 g/mol. The fourth-order valence-electron chi connectivity index (χ4n) is 1.44. The molecule has 0 radical (unpaired) electrons. The summed E-state index contributed by atoms with van der Waals surface area (Å²) in [4.78, 5) is 4.46. The zero-order chi connectivity index (χ0) is 10.8. The van der Waals surface area contributed by atoms with E-state index in [-0.39, 0.29) is 0 Å². The maximum atomic E-state index is 5.34. The quantitative estimate of drug-likeness (QED) is 0.349. The number of hydrogen-bond acceptors (Lipinski definition) is 2. The van der Waals surface area contributed by atoms with E-state index in [2.05, 4.69) is 24.1 Å². The highest BCUT2D eigenvalue weighted by Crippen LogP contribution is 2.12. The van der Waals surface area contributed by atoms with Crippen LogP contribution in [0.4, 0.5) is 0 Å². The first-order valence-electron chi connectivity index (χ1n) is 5.44. The van der Waals surface area contributed by atoms with Gasteiger partial charge in [0.15, 0.2) is 0 Å². The number of nitrogens with zero attached hydrogens (tertiary/aromatic N) is 1. The summed E-state index contributed by atoms with van der Waals surface area (Å²) in [5, 5.41) is 0. The van der Waals surface area contributed by atoms with Crippen LogP contribution in [-0.4, -0.2) is 25.5 Å². The average molecular weight is 197 g/mol. The van der Waals surface area contributed by atoms with Crippen LogP contribution in [0.1, 0.15) is 34.1 Å². The molecule has 2 atom stereocenters. The predicted molar refractivity (Wildman–Crippen MR) is 63.0 cm³/mol. The Labute approximate surface area is 88.1 Å². The molecule has 0 aliphatic heterocycles. The van der Waals surface area contributed by atoms with Crippen LogP contribution >= 0.6 is 0 Å². The molecule has 0 amide bonds. The predicted octanol–water partition coefficient (Wildman–Crippen LogP) is 3.08. The molecule has 82 valence electrons. The lowest BCUT2D eigenvalue weighted by atomic mass is 9.99. The van der Waals surface area contributed by atoms with E-state index >= 15 is 0 Å². The summed E-state index contributed by atoms with van der Waals surface area (Å²) >= 11 is 0. The Morgan fingerprint density at radius 3 is 2.57 bits per heavy atom. The fraction of sp³-hybridized carbons (Fsp3) is 0.750. The van der Waals surface area contributed by atoms with Crippen LogP contribution in [0.25, 0.3) is 0 Å². The van der Waals surface area contributed by atoms with Gasteiger partial charge >= 0.3 is 0 Å². The summed E-state index contributed by atoms with van der Waals surface area (Å²) in [6, 6.07) is 0.364. The molecule has 0 aromatic heterocycles. The maximum absolute atomic E-state index is 5.34. The molecule has 0 heterocycles. The van der Waals surface area contributed by atoms with Crippen LogP contribution in [0, 0.1) is 5.92 Å². The van der Waals surface area contributed by atoms with Crippen molar-refractivity contribution in [2.24, 2.45) is 10.9 Å². The first kappa shape index (κ1) is 13.4. The van der Waals surface area contributed by atoms with E-state index < -0.39 is 0 Å². The first-order chi connectivity index (χ1) is 6.76. The minimum Gasteiger partial charge on any atom is -0.382 e. The van der Waals surface area contributed by atoms with Gasteiger partial charge in [-0.15, -0.1) is 0 Å². The highest BCUT2D eigenvalue weighted by atomic mass is 16.5. The van der Waals surface area contributed by atoms with Gasteiger partial charge in [0.2, 0.25) is 0 Å². The molecular formula is C12H23NO. The van der Waals surface area contributed by atoms with E-state index in [1.54, 1.807) is 0 Å². The van der Waals surface area contributed by atoms with Crippen LogP contribution < -0.4 is 0 Å². The third-order valence-electron chi connectivity index (χ3n) is 2.21. The molecule has 2 heteroatoms. The van der Waals surface area contributed by atoms with Gasteiger partial charge in [0.05, 0.1) is 6.04 Å². The van der Waals surface area contributed by atoms with Crippen LogP contribution in [0.15, 0.2) is 17.1 Å². The Bertz CT molecular complexity index is 175. The third kappa shape index (κ3) is 5.92. The third-order valence-corrected chi connectivity index (χ3v) is 2.21. The zero-order valence-electron chi connectivity index (χ0n) is 9.86. The number of allylic oxidation sites excluding steroid dienone is 1. The van der Waals surface area contributed by atoms with Crippen molar-refractivity contribution in [3.8, 4) is 0 Å². The maximum Gasteiger partial charge on any atom is 0.0577 e. The molecule has 1 unspecified atom stereocenters. The molecule has 0 aromatic carbocycles. The van der Waals surface area contributed by atoms with Crippen molar-refractivity contribution in [2.75, 3.05) is 13.2 Å². The molecular weight excluding hydrogens is 174 g/mol. The van der Waals surface area contributed by atoms with Crippen molar-refractivity contribution >= 4 is 6.21 Å². The van der Waals surface area contributed by atoms with E-state index in [0.717, 1.165) is 19.6 Å². The van der Waals surface area contributed by atoms with Crippen molar-refractivity contribution in [3.63, 3.8) is 0 Å². The van der Waals surface area contributed by atoms with Gasteiger partial charge in [-0.2, -0.15) is 0 Å². The van der Waals surface area contributed by atoms with Crippen molar-refractivity contribution in [1.82, 2.24) is 0 Å². The van der Waals surface area contributed by atoms with E-state index in [1.807, 2.05) is 27.0 Å². The van der Waals surface area contributed by atoms with Crippen LogP contribution in [0.5, 0.6) is 0 Å². The van der Waals surface area contributed by atoms with Gasteiger partial charge in [-0.05, 0) is 39.3 Å². The standard InChI is InChI=1S/C12H23NO/c1-5-8-11(4)12(13-6-2)9-10-14-7-3/h5-6,8,11-12H,7,9-10H2,1-4H3/b8-5-,13-6?/t11-,12?/m1/s1. The Kier molecular flexibility index (Phi) is 8.54. The minimum absolute atomic E-state index is 0.364. The van der Waals surface area contributed by atoms with Gasteiger partial charge in [0.1, 0.15) is 0 Å². The summed E-state index contributed by atoms with van der Waals surface area (Å²) in [7, 11) is 0. The van der Waals surface area contributed by atoms with Crippen LogP contribution in [-0.2, 0) is 4.74 Å². The molecule has 0 saturated carbocycles. The van der Waals surface area contributed by atoms with Gasteiger partial charge in [0.25, 0.3) is 0 Å². The summed E-state index contributed by atoms with van der Waals surface area (Å²) in [5.41, 5.74) is 0. The fourth-order valence-corrected chi connectivity index (χ4v) is 1.44. The van der Waals surface area contributed by atoms with E-state index in [0.29, 0.717) is 12.0 Å². The molecule has 0 aliphatic rings. The molecule has 0 bridgehead atoms. The highest BCUT2D eigenvalue weighted by Gasteiger charge is 2.11. The Morgan fingerprint density at radius 1 is 1.36 bits per heavy atom. The van der Waals surface area contributed by atoms with E-state index in [4.69, 9.17) is 4.74 Å².